The van der Waals surface area contributed by atoms with Gasteiger partial charge < -0.3 is 26.6 Å². The molecule has 5 N–H and O–H groups in total. The number of amides is 5. The molecule has 6 aromatic rings. The first-order valence-corrected chi connectivity index (χ1v) is 47.8. The van der Waals surface area contributed by atoms with Crippen molar-refractivity contribution in [2.45, 2.75) is 96.8 Å². The zero-order chi connectivity index (χ0) is 84.0. The zero-order valence-corrected chi connectivity index (χ0v) is 73.6. The summed E-state index contributed by atoms with van der Waals surface area (Å²) in [6, 6.07) is 30.4. The van der Waals surface area contributed by atoms with E-state index in [1.54, 1.807) is 100 Å². The number of piperidine rings is 5. The maximum absolute atomic E-state index is 13.5. The number of anilines is 5. The fourth-order valence-electron chi connectivity index (χ4n) is 12.6. The highest BCUT2D eigenvalue weighted by Gasteiger charge is 2.37. The summed E-state index contributed by atoms with van der Waals surface area (Å²) >= 11 is 35.9. The molecule has 114 heavy (non-hydrogen) atoms. The Balaban J connectivity index is 0.000000198. The number of halogens is 10. The van der Waals surface area contributed by atoms with Crippen molar-refractivity contribution in [3.63, 3.8) is 0 Å². The van der Waals surface area contributed by atoms with E-state index in [2.05, 4.69) is 58.4 Å². The van der Waals surface area contributed by atoms with Gasteiger partial charge in [-0.3, -0.25) is 24.0 Å². The number of nitrogens with one attached hydrogen (secondary N) is 5. The minimum atomic E-state index is -3.64. The van der Waals surface area contributed by atoms with Crippen LogP contribution in [0.25, 0.3) is 0 Å². The van der Waals surface area contributed by atoms with Gasteiger partial charge in [-0.2, -0.15) is 4.31 Å². The summed E-state index contributed by atoms with van der Waals surface area (Å²) in [5, 5.41) is 15.3. The Morgan fingerprint density at radius 3 is 0.974 bits per heavy atom. The van der Waals surface area contributed by atoms with Crippen LogP contribution in [0.2, 0.25) is 25.1 Å². The van der Waals surface area contributed by atoms with Crippen LogP contribution < -0.4 is 26.6 Å². The Hall–Kier alpha value is -5.58. The third-order valence-electron chi connectivity index (χ3n) is 19.1. The summed E-state index contributed by atoms with van der Waals surface area (Å²) in [4.78, 5) is 61.9. The monoisotopic (exact) mass is 1910 g/mol. The van der Waals surface area contributed by atoms with Crippen LogP contribution in [-0.2, 0) is 74.1 Å². The van der Waals surface area contributed by atoms with Crippen molar-refractivity contribution in [2.24, 2.45) is 29.6 Å². The smallest absolute Gasteiger partial charge is 0.243 e. The van der Waals surface area contributed by atoms with Gasteiger partial charge in [-0.05, 0) is 221 Å². The van der Waals surface area contributed by atoms with Crippen LogP contribution in [0, 0.1) is 47.0 Å². The third kappa shape index (κ3) is 28.0. The van der Waals surface area contributed by atoms with Crippen molar-refractivity contribution in [1.82, 2.24) is 21.5 Å². The molecule has 25 nitrogen and oxygen atoms in total. The first-order valence-electron chi connectivity index (χ1n) is 36.5. The Labute approximate surface area is 706 Å². The highest BCUT2D eigenvalue weighted by Crippen LogP contribution is 2.33. The summed E-state index contributed by atoms with van der Waals surface area (Å²) in [6.45, 7) is 9.56. The molecule has 5 amide bonds. The fourth-order valence-corrected chi connectivity index (χ4v) is 20.2. The molecule has 0 unspecified atom stereocenters. The third-order valence-corrected chi connectivity index (χ3v) is 31.9. The molecular formula is C74H90Br2Cl5F3N10O15S5. The molecule has 5 atom stereocenters. The lowest BCUT2D eigenvalue weighted by atomic mass is 9.98. The van der Waals surface area contributed by atoms with Gasteiger partial charge in [-0.25, -0.2) is 72.5 Å². The second-order valence-electron chi connectivity index (χ2n) is 27.0. The number of carbonyl (C=O) groups is 5. The van der Waals surface area contributed by atoms with E-state index in [1.165, 1.54) is 51.9 Å². The molecule has 5 heterocycles. The van der Waals surface area contributed by atoms with Crippen molar-refractivity contribution in [2.75, 3.05) is 115 Å². The maximum atomic E-state index is 13.5. The molecule has 0 spiro atoms. The lowest BCUT2D eigenvalue weighted by Crippen LogP contribution is -2.44. The van der Waals surface area contributed by atoms with E-state index in [1.807, 2.05) is 0 Å². The average Bonchev–Trinajstić information content (AvgIpc) is 0.791. The molecule has 0 saturated carbocycles. The van der Waals surface area contributed by atoms with E-state index in [0.717, 1.165) is 22.7 Å². The van der Waals surface area contributed by atoms with E-state index >= 15 is 0 Å². The van der Waals surface area contributed by atoms with Crippen LogP contribution in [0.1, 0.15) is 91.9 Å². The Kier molecular flexibility index (Phi) is 36.8. The molecule has 5 saturated heterocycles. The van der Waals surface area contributed by atoms with Crippen LogP contribution in [-0.4, -0.2) is 182 Å². The molecule has 0 aromatic heterocycles. The van der Waals surface area contributed by atoms with Gasteiger partial charge in [-0.1, -0.05) is 76.2 Å². The number of hydrogen-bond acceptors (Lipinski definition) is 15. The SMILES string of the molecule is CCS(=O)(=O)N1CCC[C@H](C(=O)Nc2ccc(Br)c(Cl)c2)C1.CCS(=O)(=O)N1CCC[C@H](C(=O)Nc2ccc(Cl)c(Br)c2)C1.CCS(=O)(=O)N1CCC[C@H](C(=O)Nc2ccc(Cl)c(Cl)c2)C1.CCS(=O)(=O)N1CCC[C@H](C(=O)Nc2ccc(F)c(F)c2)C1.O=C(Nc1ccc(Cl)c(F)c1)[C@H]1CCCN(S(=O)(=O)c2ccccc2)C1. The summed E-state index contributed by atoms with van der Waals surface area (Å²) in [5.74, 6) is -5.77. The van der Waals surface area contributed by atoms with Crippen LogP contribution in [0.5, 0.6) is 0 Å². The Morgan fingerprint density at radius 2 is 0.640 bits per heavy atom. The second-order valence-corrected chi connectivity index (χ2v) is 41.7. The Morgan fingerprint density at radius 1 is 0.342 bits per heavy atom. The van der Waals surface area contributed by atoms with Crippen molar-refractivity contribution in [3.8, 4) is 0 Å². The molecular weight excluding hydrogens is 1820 g/mol. The quantitative estimate of drug-likeness (QED) is 0.0474. The number of hydrogen-bond donors (Lipinski definition) is 5. The summed E-state index contributed by atoms with van der Waals surface area (Å²) in [6.07, 6.45) is 6.42. The number of carbonyl (C=O) groups excluding carboxylic acids is 5. The van der Waals surface area contributed by atoms with Gasteiger partial charge in [0.15, 0.2) is 11.6 Å². The van der Waals surface area contributed by atoms with Gasteiger partial charge in [0, 0.05) is 109 Å². The first-order chi connectivity index (χ1) is 53.7. The van der Waals surface area contributed by atoms with E-state index in [-0.39, 0.29) is 119 Å². The largest absolute Gasteiger partial charge is 0.326 e. The normalized spacial score (nSPS) is 19.5. The van der Waals surface area contributed by atoms with E-state index in [4.69, 9.17) is 58.0 Å². The lowest BCUT2D eigenvalue weighted by molar-refractivity contribution is -0.121. The lowest BCUT2D eigenvalue weighted by Gasteiger charge is -2.31. The summed E-state index contributed by atoms with van der Waals surface area (Å²) < 4.78 is 169. The molecule has 6 aromatic carbocycles. The fraction of sp³-hybridized carbons (Fsp3) is 0.446. The van der Waals surface area contributed by atoms with Gasteiger partial charge in [0.1, 0.15) is 5.82 Å². The number of rotatable bonds is 20. The van der Waals surface area contributed by atoms with E-state index in [9.17, 15) is 79.2 Å². The maximum Gasteiger partial charge on any atom is 0.243 e. The van der Waals surface area contributed by atoms with Crippen molar-refractivity contribution in [3.05, 3.63) is 173 Å². The predicted octanol–water partition coefficient (Wildman–Crippen LogP) is 14.7. The minimum absolute atomic E-state index is 0.00941. The Bertz CT molecular complexity index is 4530. The number of benzene rings is 6. The number of nitrogens with zero attached hydrogens (tertiary/aromatic N) is 5. The minimum Gasteiger partial charge on any atom is -0.326 e. The molecule has 40 heteroatoms. The first kappa shape index (κ1) is 95.6. The van der Waals surface area contributed by atoms with Crippen LogP contribution in [0.15, 0.2) is 135 Å². The van der Waals surface area contributed by atoms with Crippen molar-refractivity contribution >= 4 is 198 Å². The van der Waals surface area contributed by atoms with Gasteiger partial charge >= 0.3 is 0 Å². The van der Waals surface area contributed by atoms with Gasteiger partial charge in [0.25, 0.3) is 0 Å². The average molecular weight is 1910 g/mol. The van der Waals surface area contributed by atoms with Crippen LogP contribution >= 0.6 is 89.9 Å². The molecule has 5 fully saturated rings. The highest BCUT2D eigenvalue weighted by molar-refractivity contribution is 9.11. The zero-order valence-electron chi connectivity index (χ0n) is 62.6. The van der Waals surface area contributed by atoms with Gasteiger partial charge in [-0.15, -0.1) is 0 Å². The molecule has 626 valence electrons. The molecule has 5 aliphatic heterocycles. The van der Waals surface area contributed by atoms with Crippen LogP contribution in [0.4, 0.5) is 41.6 Å². The van der Waals surface area contributed by atoms with E-state index in [0.29, 0.717) is 144 Å². The second kappa shape index (κ2) is 43.9. The summed E-state index contributed by atoms with van der Waals surface area (Å²) in [7, 11) is -16.7. The highest BCUT2D eigenvalue weighted by atomic mass is 79.9. The molecule has 0 radical (unpaired) electrons. The molecule has 0 bridgehead atoms. The van der Waals surface area contributed by atoms with Gasteiger partial charge in [0.2, 0.25) is 79.7 Å². The predicted molar refractivity (Wildman–Crippen MR) is 449 cm³/mol. The summed E-state index contributed by atoms with van der Waals surface area (Å²) in [5.41, 5.74) is 2.24. The molecule has 11 rings (SSSR count). The number of sulfonamides is 5. The van der Waals surface area contributed by atoms with Crippen LogP contribution in [0.3, 0.4) is 0 Å². The van der Waals surface area contributed by atoms with Crippen molar-refractivity contribution < 1.29 is 79.2 Å². The molecule has 0 aliphatic carbocycles. The van der Waals surface area contributed by atoms with Gasteiger partial charge in [0.05, 0.1) is 82.6 Å². The van der Waals surface area contributed by atoms with Crippen molar-refractivity contribution in [1.29, 1.82) is 0 Å². The topological polar surface area (TPSA) is 332 Å². The molecule has 5 aliphatic rings. The van der Waals surface area contributed by atoms with E-state index < -0.39 is 79.4 Å². The standard InChI is InChI=1S/C18H18ClFN2O3S.2C14H18BrClN2O3S.C14H18Cl2N2O3S.C14H18F2N2O3S/c19-16-9-8-14(11-17(16)20)21-18(23)13-5-4-10-22(12-13)26(24,25)15-6-2-1-3-7-15;1-2-22(20,21)18-7-3-4-10(9-18)14(19)17-11-5-6-13(16)12(15)8-11;3*1-2-22(20,21)18-7-3-4-10(9-18)14(19)17-11-5-6-12(15)13(16)8-11/h1-3,6-9,11,13H,4-5,10,12H2,(H,21,23);4*5-6,8,10H,2-4,7,9H2,1H3,(H,17,19)/t13-;4*10-/m00000/s1.